The Labute approximate surface area is 225 Å². The number of hydrogen-bond donors (Lipinski definition) is 2. The molecule has 200 valence electrons. The van der Waals surface area contributed by atoms with Gasteiger partial charge in [0.1, 0.15) is 17.0 Å². The summed E-state index contributed by atoms with van der Waals surface area (Å²) >= 11 is 5.90. The molecule has 3 amide bonds. The molecule has 1 aliphatic heterocycles. The van der Waals surface area contributed by atoms with Crippen LogP contribution in [0.3, 0.4) is 0 Å². The van der Waals surface area contributed by atoms with E-state index in [4.69, 9.17) is 20.8 Å². The van der Waals surface area contributed by atoms with E-state index in [1.54, 1.807) is 24.3 Å². The van der Waals surface area contributed by atoms with Crippen molar-refractivity contribution in [1.29, 1.82) is 0 Å². The van der Waals surface area contributed by atoms with E-state index in [1.165, 1.54) is 6.20 Å². The molecule has 2 aliphatic rings. The number of nitrogens with one attached hydrogen (secondary N) is 2. The van der Waals surface area contributed by atoms with Gasteiger partial charge in [0.05, 0.1) is 11.1 Å². The lowest BCUT2D eigenvalue weighted by Crippen LogP contribution is -2.40. The number of pyridine rings is 2. The predicted molar refractivity (Wildman–Crippen MR) is 142 cm³/mol. The third-order valence-corrected chi connectivity index (χ3v) is 7.13. The van der Waals surface area contributed by atoms with Crippen LogP contribution < -0.4 is 15.4 Å². The molecule has 0 radical (unpaired) electrons. The van der Waals surface area contributed by atoms with Gasteiger partial charge < -0.3 is 24.7 Å². The Kier molecular flexibility index (Phi) is 7.51. The van der Waals surface area contributed by atoms with Crippen LogP contribution in [-0.2, 0) is 9.59 Å². The van der Waals surface area contributed by atoms with Crippen molar-refractivity contribution in [2.45, 2.75) is 64.5 Å². The Hall–Kier alpha value is -3.66. The molecule has 1 saturated carbocycles. The van der Waals surface area contributed by atoms with Crippen LogP contribution in [0.2, 0.25) is 5.02 Å². The van der Waals surface area contributed by atoms with Crippen LogP contribution in [-0.4, -0.2) is 51.3 Å². The van der Waals surface area contributed by atoms with E-state index in [2.05, 4.69) is 20.6 Å². The lowest BCUT2D eigenvalue weighted by atomic mass is 9.84. The van der Waals surface area contributed by atoms with Gasteiger partial charge in [0.25, 0.3) is 5.91 Å². The van der Waals surface area contributed by atoms with Crippen LogP contribution in [0, 0.1) is 5.92 Å². The summed E-state index contributed by atoms with van der Waals surface area (Å²) in [6.45, 7) is 4.57. The number of carbonyl (C=O) groups excluding carboxylic acids is 3. The maximum atomic E-state index is 13.4. The third kappa shape index (κ3) is 5.60. The molecule has 0 atom stereocenters. The first-order chi connectivity index (χ1) is 18.3. The Morgan fingerprint density at radius 3 is 2.58 bits per heavy atom. The van der Waals surface area contributed by atoms with Gasteiger partial charge in [-0.2, -0.15) is 0 Å². The molecule has 0 unspecified atom stereocenters. The maximum Gasteiger partial charge on any atom is 0.294 e. The van der Waals surface area contributed by atoms with Crippen LogP contribution in [0.25, 0.3) is 11.1 Å². The number of nitrogens with zero attached hydrogens (tertiary/aromatic N) is 3. The molecule has 4 heterocycles. The molecule has 38 heavy (non-hydrogen) atoms. The highest BCUT2D eigenvalue weighted by Crippen LogP contribution is 2.35. The first-order valence-corrected chi connectivity index (χ1v) is 13.3. The van der Waals surface area contributed by atoms with Crippen molar-refractivity contribution < 1.29 is 23.5 Å². The van der Waals surface area contributed by atoms with Gasteiger partial charge in [-0.15, -0.1) is 0 Å². The zero-order chi connectivity index (χ0) is 26.8. The molecule has 0 bridgehead atoms. The lowest BCUT2D eigenvalue weighted by Gasteiger charge is -2.34. The standard InChI is InChI=1S/C27H30ClN5O5/c1-15(2)37-21-12-10-19-23(31-21)24(25(38-19)27(36)30-20-11-7-17(28)14-29-20)32-26(35)16-5-8-18(9-6-16)33-13-3-4-22(33)34/h7,10-12,14-16,18H,3-6,8-9,13H2,1-2H3,(H,32,35)(H,29,30,36)/t16-,18-. The topological polar surface area (TPSA) is 127 Å². The van der Waals surface area contributed by atoms with Crippen molar-refractivity contribution in [1.82, 2.24) is 14.9 Å². The van der Waals surface area contributed by atoms with Gasteiger partial charge in [0, 0.05) is 37.2 Å². The minimum atomic E-state index is -0.587. The normalized spacial score (nSPS) is 19.7. The first kappa shape index (κ1) is 26.0. The van der Waals surface area contributed by atoms with Crippen LogP contribution in [0.4, 0.5) is 11.5 Å². The lowest BCUT2D eigenvalue weighted by molar-refractivity contribution is -0.130. The molecule has 0 aromatic carbocycles. The molecule has 5 rings (SSSR count). The number of furan rings is 1. The maximum absolute atomic E-state index is 13.4. The summed E-state index contributed by atoms with van der Waals surface area (Å²) in [6.07, 6.45) is 5.68. The summed E-state index contributed by atoms with van der Waals surface area (Å²) in [4.78, 5) is 49.3. The Bertz CT molecular complexity index is 1350. The molecule has 3 aromatic heterocycles. The molecule has 0 spiro atoms. The average molecular weight is 540 g/mol. The summed E-state index contributed by atoms with van der Waals surface area (Å²) in [6, 6.07) is 6.67. The van der Waals surface area contributed by atoms with Gasteiger partial charge >= 0.3 is 0 Å². The molecule has 11 heteroatoms. The minimum Gasteiger partial charge on any atom is -0.475 e. The number of fused-ring (bicyclic) bond motifs is 1. The third-order valence-electron chi connectivity index (χ3n) is 6.91. The fourth-order valence-electron chi connectivity index (χ4n) is 5.09. The van der Waals surface area contributed by atoms with E-state index in [0.717, 1.165) is 25.8 Å². The summed E-state index contributed by atoms with van der Waals surface area (Å²) in [5.74, 6) is -0.299. The average Bonchev–Trinajstić information content (AvgIpc) is 3.48. The van der Waals surface area contributed by atoms with E-state index < -0.39 is 5.91 Å². The number of anilines is 2. The Morgan fingerprint density at radius 2 is 1.92 bits per heavy atom. The molecular weight excluding hydrogens is 510 g/mol. The fraction of sp³-hybridized carbons (Fsp3) is 0.444. The van der Waals surface area contributed by atoms with E-state index in [1.807, 2.05) is 18.7 Å². The molecule has 1 saturated heterocycles. The zero-order valence-electron chi connectivity index (χ0n) is 21.3. The SMILES string of the molecule is CC(C)Oc1ccc2oc(C(=O)Nc3ccc(Cl)cn3)c(NC(=O)[C@H]3CC[C@H](N4CCCC4=O)CC3)c2n1. The van der Waals surface area contributed by atoms with Crippen molar-refractivity contribution >= 4 is 51.9 Å². The number of halogens is 1. The highest BCUT2D eigenvalue weighted by molar-refractivity contribution is 6.30. The predicted octanol–water partition coefficient (Wildman–Crippen LogP) is 5.04. The van der Waals surface area contributed by atoms with Gasteiger partial charge in [-0.1, -0.05) is 11.6 Å². The molecule has 2 fully saturated rings. The van der Waals surface area contributed by atoms with Crippen LogP contribution in [0.15, 0.2) is 34.9 Å². The van der Waals surface area contributed by atoms with Crippen LogP contribution in [0.5, 0.6) is 5.88 Å². The van der Waals surface area contributed by atoms with Gasteiger partial charge in [-0.3, -0.25) is 14.4 Å². The van der Waals surface area contributed by atoms with E-state index in [-0.39, 0.29) is 47.1 Å². The van der Waals surface area contributed by atoms with E-state index in [0.29, 0.717) is 41.3 Å². The summed E-state index contributed by atoms with van der Waals surface area (Å²) in [5, 5.41) is 6.03. The van der Waals surface area contributed by atoms with Gasteiger partial charge in [-0.25, -0.2) is 9.97 Å². The Balaban J connectivity index is 1.38. The number of amides is 3. The van der Waals surface area contributed by atoms with Crippen LogP contribution in [0.1, 0.15) is 62.9 Å². The second-order valence-electron chi connectivity index (χ2n) is 9.97. The summed E-state index contributed by atoms with van der Waals surface area (Å²) < 4.78 is 11.6. The van der Waals surface area contributed by atoms with Crippen molar-refractivity contribution in [3.8, 4) is 5.88 Å². The highest BCUT2D eigenvalue weighted by Gasteiger charge is 2.34. The van der Waals surface area contributed by atoms with E-state index >= 15 is 0 Å². The number of rotatable bonds is 7. The highest BCUT2D eigenvalue weighted by atomic mass is 35.5. The molecular formula is C27H30ClN5O5. The quantitative estimate of drug-likeness (QED) is 0.431. The molecule has 3 aromatic rings. The van der Waals surface area contributed by atoms with Crippen molar-refractivity contribution in [3.05, 3.63) is 41.2 Å². The van der Waals surface area contributed by atoms with E-state index in [9.17, 15) is 14.4 Å². The second-order valence-corrected chi connectivity index (χ2v) is 10.4. The second kappa shape index (κ2) is 11.0. The number of ether oxygens (including phenoxy) is 1. The molecule has 1 aliphatic carbocycles. The first-order valence-electron chi connectivity index (χ1n) is 12.9. The van der Waals surface area contributed by atoms with Gasteiger partial charge in [-0.05, 0) is 64.2 Å². The van der Waals surface area contributed by atoms with Gasteiger partial charge in [0.2, 0.25) is 23.5 Å². The largest absolute Gasteiger partial charge is 0.475 e. The number of carbonyl (C=O) groups is 3. The van der Waals surface area contributed by atoms with Crippen LogP contribution >= 0.6 is 11.6 Å². The smallest absolute Gasteiger partial charge is 0.294 e. The monoisotopic (exact) mass is 539 g/mol. The minimum absolute atomic E-state index is 0.0874. The number of hydrogen-bond acceptors (Lipinski definition) is 7. The summed E-state index contributed by atoms with van der Waals surface area (Å²) in [5.41, 5.74) is 0.839. The number of likely N-dealkylation sites (tertiary alicyclic amines) is 1. The van der Waals surface area contributed by atoms with Crippen molar-refractivity contribution in [2.75, 3.05) is 17.2 Å². The summed E-state index contributed by atoms with van der Waals surface area (Å²) in [7, 11) is 0. The van der Waals surface area contributed by atoms with Crippen molar-refractivity contribution in [3.63, 3.8) is 0 Å². The molecule has 2 N–H and O–H groups in total. The molecule has 10 nitrogen and oxygen atoms in total. The zero-order valence-corrected chi connectivity index (χ0v) is 22.1. The van der Waals surface area contributed by atoms with Crippen molar-refractivity contribution in [2.24, 2.45) is 5.92 Å². The fourth-order valence-corrected chi connectivity index (χ4v) is 5.21. The number of aromatic nitrogens is 2. The van der Waals surface area contributed by atoms with Gasteiger partial charge in [0.15, 0.2) is 5.58 Å². The Morgan fingerprint density at radius 1 is 1.13 bits per heavy atom.